The van der Waals surface area contributed by atoms with Gasteiger partial charge in [0.1, 0.15) is 11.2 Å². The summed E-state index contributed by atoms with van der Waals surface area (Å²) >= 11 is 0. The van der Waals surface area contributed by atoms with Crippen molar-refractivity contribution in [1.29, 1.82) is 0 Å². The van der Waals surface area contributed by atoms with E-state index in [1.165, 1.54) is 4.90 Å². The Hall–Kier alpha value is -1.33. The van der Waals surface area contributed by atoms with E-state index < -0.39 is 5.41 Å². The summed E-state index contributed by atoms with van der Waals surface area (Å²) in [6, 6.07) is 3.60. The van der Waals surface area contributed by atoms with Gasteiger partial charge in [-0.3, -0.25) is 9.69 Å². The molecule has 1 aliphatic rings. The highest BCUT2D eigenvalue weighted by Gasteiger charge is 2.46. The molecule has 2 rings (SSSR count). The zero-order valence-corrected chi connectivity index (χ0v) is 9.53. The SMILES string of the molecule is Cc1ccc(N(C)C(=O)C2(CN)COC2)o1. The molecule has 0 aromatic carbocycles. The molecule has 1 aromatic rings. The van der Waals surface area contributed by atoms with Gasteiger partial charge in [0.15, 0.2) is 0 Å². The summed E-state index contributed by atoms with van der Waals surface area (Å²) in [5.74, 6) is 1.28. The zero-order chi connectivity index (χ0) is 11.8. The summed E-state index contributed by atoms with van der Waals surface area (Å²) < 4.78 is 10.5. The molecule has 88 valence electrons. The van der Waals surface area contributed by atoms with Crippen molar-refractivity contribution < 1.29 is 13.9 Å². The molecule has 0 bridgehead atoms. The van der Waals surface area contributed by atoms with Crippen LogP contribution in [0.4, 0.5) is 5.88 Å². The highest BCUT2D eigenvalue weighted by molar-refractivity contribution is 5.97. The molecule has 0 atom stereocenters. The Balaban J connectivity index is 2.15. The van der Waals surface area contributed by atoms with Gasteiger partial charge in [0, 0.05) is 19.7 Å². The number of carbonyl (C=O) groups excluding carboxylic acids is 1. The van der Waals surface area contributed by atoms with Crippen LogP contribution in [0.15, 0.2) is 16.5 Å². The van der Waals surface area contributed by atoms with Crippen LogP contribution in [-0.2, 0) is 9.53 Å². The van der Waals surface area contributed by atoms with Crippen molar-refractivity contribution >= 4 is 11.8 Å². The molecule has 0 unspecified atom stereocenters. The maximum atomic E-state index is 12.2. The van der Waals surface area contributed by atoms with Crippen molar-refractivity contribution in [1.82, 2.24) is 0 Å². The number of ether oxygens (including phenoxy) is 1. The number of hydrogen-bond donors (Lipinski definition) is 1. The normalized spacial score (nSPS) is 17.9. The number of furan rings is 1. The fraction of sp³-hybridized carbons (Fsp3) is 0.545. The van der Waals surface area contributed by atoms with Crippen molar-refractivity contribution in [2.75, 3.05) is 31.7 Å². The number of hydrogen-bond acceptors (Lipinski definition) is 4. The molecule has 1 fully saturated rings. The summed E-state index contributed by atoms with van der Waals surface area (Å²) in [4.78, 5) is 13.7. The lowest BCUT2D eigenvalue weighted by Crippen LogP contribution is -2.58. The molecule has 2 N–H and O–H groups in total. The van der Waals surface area contributed by atoms with Crippen LogP contribution in [0, 0.1) is 12.3 Å². The molecule has 0 aliphatic carbocycles. The predicted octanol–water partition coefficient (Wildman–Crippen LogP) is 0.526. The molecule has 5 nitrogen and oxygen atoms in total. The Morgan fingerprint density at radius 3 is 2.62 bits per heavy atom. The molecule has 0 radical (unpaired) electrons. The van der Waals surface area contributed by atoms with E-state index in [1.807, 2.05) is 13.0 Å². The molecule has 2 heterocycles. The van der Waals surface area contributed by atoms with E-state index in [0.29, 0.717) is 25.6 Å². The van der Waals surface area contributed by atoms with Crippen LogP contribution in [0.1, 0.15) is 5.76 Å². The maximum absolute atomic E-state index is 12.2. The third kappa shape index (κ3) is 1.62. The van der Waals surface area contributed by atoms with E-state index in [9.17, 15) is 4.79 Å². The monoisotopic (exact) mass is 224 g/mol. The summed E-state index contributed by atoms with van der Waals surface area (Å²) in [6.45, 7) is 2.93. The smallest absolute Gasteiger partial charge is 0.241 e. The molecule has 0 saturated carbocycles. The van der Waals surface area contributed by atoms with Crippen LogP contribution >= 0.6 is 0 Å². The van der Waals surface area contributed by atoms with Gasteiger partial charge in [-0.1, -0.05) is 0 Å². The van der Waals surface area contributed by atoms with Gasteiger partial charge in [-0.05, 0) is 13.0 Å². The first kappa shape index (κ1) is 11.2. The van der Waals surface area contributed by atoms with Gasteiger partial charge >= 0.3 is 0 Å². The molecule has 0 spiro atoms. The van der Waals surface area contributed by atoms with Crippen LogP contribution in [0.3, 0.4) is 0 Å². The first-order chi connectivity index (χ1) is 7.59. The topological polar surface area (TPSA) is 68.7 Å². The van der Waals surface area contributed by atoms with Gasteiger partial charge in [-0.15, -0.1) is 0 Å². The lowest BCUT2D eigenvalue weighted by molar-refractivity contribution is -0.156. The maximum Gasteiger partial charge on any atom is 0.241 e. The Morgan fingerprint density at radius 1 is 1.56 bits per heavy atom. The van der Waals surface area contributed by atoms with Gasteiger partial charge in [-0.2, -0.15) is 0 Å². The highest BCUT2D eigenvalue weighted by Crippen LogP contribution is 2.30. The number of carbonyl (C=O) groups is 1. The van der Waals surface area contributed by atoms with Gasteiger partial charge < -0.3 is 14.9 Å². The average Bonchev–Trinajstić information content (AvgIpc) is 2.63. The molecular formula is C11H16N2O3. The number of amides is 1. The minimum Gasteiger partial charge on any atom is -0.445 e. The van der Waals surface area contributed by atoms with E-state index in [1.54, 1.807) is 13.1 Å². The van der Waals surface area contributed by atoms with Crippen LogP contribution in [0.2, 0.25) is 0 Å². The standard InChI is InChI=1S/C11H16N2O3/c1-8-3-4-9(16-8)13(2)10(14)11(5-12)6-15-7-11/h3-4H,5-7,12H2,1-2H3. The van der Waals surface area contributed by atoms with Gasteiger partial charge in [-0.25, -0.2) is 0 Å². The summed E-state index contributed by atoms with van der Waals surface area (Å²) in [7, 11) is 1.69. The second-order valence-corrected chi connectivity index (χ2v) is 4.23. The molecular weight excluding hydrogens is 208 g/mol. The number of rotatable bonds is 3. The zero-order valence-electron chi connectivity index (χ0n) is 9.53. The first-order valence-corrected chi connectivity index (χ1v) is 5.21. The van der Waals surface area contributed by atoms with E-state index >= 15 is 0 Å². The molecule has 1 aromatic heterocycles. The van der Waals surface area contributed by atoms with Crippen molar-refractivity contribution in [2.24, 2.45) is 11.1 Å². The number of anilines is 1. The van der Waals surface area contributed by atoms with Crippen LogP contribution in [0.25, 0.3) is 0 Å². The van der Waals surface area contributed by atoms with Gasteiger partial charge in [0.2, 0.25) is 11.8 Å². The molecule has 5 heteroatoms. The molecule has 1 amide bonds. The largest absolute Gasteiger partial charge is 0.445 e. The van der Waals surface area contributed by atoms with E-state index in [-0.39, 0.29) is 5.91 Å². The summed E-state index contributed by atoms with van der Waals surface area (Å²) in [6.07, 6.45) is 0. The minimum atomic E-state index is -0.560. The van der Waals surface area contributed by atoms with Gasteiger partial charge in [0.05, 0.1) is 13.2 Å². The van der Waals surface area contributed by atoms with Crippen LogP contribution in [0.5, 0.6) is 0 Å². The first-order valence-electron chi connectivity index (χ1n) is 5.21. The lowest BCUT2D eigenvalue weighted by Gasteiger charge is -2.40. The van der Waals surface area contributed by atoms with E-state index in [4.69, 9.17) is 14.9 Å². The Labute approximate surface area is 94.1 Å². The fourth-order valence-electron chi connectivity index (χ4n) is 1.73. The Morgan fingerprint density at radius 2 is 2.25 bits per heavy atom. The number of nitrogens with two attached hydrogens (primary N) is 1. The van der Waals surface area contributed by atoms with Crippen molar-refractivity contribution in [3.63, 3.8) is 0 Å². The predicted molar refractivity (Wildman–Crippen MR) is 59.2 cm³/mol. The number of nitrogens with zero attached hydrogens (tertiary/aromatic N) is 1. The average molecular weight is 224 g/mol. The van der Waals surface area contributed by atoms with Crippen LogP contribution < -0.4 is 10.6 Å². The second kappa shape index (κ2) is 3.92. The van der Waals surface area contributed by atoms with Crippen molar-refractivity contribution in [2.45, 2.75) is 6.92 Å². The number of aryl methyl sites for hydroxylation is 1. The van der Waals surface area contributed by atoms with Crippen LogP contribution in [-0.4, -0.2) is 32.7 Å². The van der Waals surface area contributed by atoms with Crippen molar-refractivity contribution in [3.05, 3.63) is 17.9 Å². The fourth-order valence-corrected chi connectivity index (χ4v) is 1.73. The lowest BCUT2D eigenvalue weighted by atomic mass is 9.84. The minimum absolute atomic E-state index is 0.0457. The molecule has 1 aliphatic heterocycles. The summed E-state index contributed by atoms with van der Waals surface area (Å²) in [5, 5.41) is 0. The quantitative estimate of drug-likeness (QED) is 0.813. The third-order valence-electron chi connectivity index (χ3n) is 2.96. The highest BCUT2D eigenvalue weighted by atomic mass is 16.5. The second-order valence-electron chi connectivity index (χ2n) is 4.23. The van der Waals surface area contributed by atoms with Gasteiger partial charge in [0.25, 0.3) is 0 Å². The molecule has 1 saturated heterocycles. The third-order valence-corrected chi connectivity index (χ3v) is 2.96. The molecule has 16 heavy (non-hydrogen) atoms. The van der Waals surface area contributed by atoms with Crippen molar-refractivity contribution in [3.8, 4) is 0 Å². The Kier molecular flexibility index (Phi) is 2.73. The summed E-state index contributed by atoms with van der Waals surface area (Å²) in [5.41, 5.74) is 5.07. The van der Waals surface area contributed by atoms with E-state index in [0.717, 1.165) is 5.76 Å². The van der Waals surface area contributed by atoms with E-state index in [2.05, 4.69) is 0 Å². The Bertz CT molecular complexity index is 390.